The number of anilines is 2. The molecule has 0 aliphatic carbocycles. The van der Waals surface area contributed by atoms with Crippen molar-refractivity contribution in [1.29, 1.82) is 0 Å². The highest BCUT2D eigenvalue weighted by Crippen LogP contribution is 2.20. The van der Waals surface area contributed by atoms with Crippen LogP contribution in [-0.2, 0) is 4.74 Å². The number of urea groups is 1. The summed E-state index contributed by atoms with van der Waals surface area (Å²) in [6, 6.07) is 7.80. The lowest BCUT2D eigenvalue weighted by atomic mass is 10.2. The van der Waals surface area contributed by atoms with Gasteiger partial charge < -0.3 is 19.9 Å². The Morgan fingerprint density at radius 1 is 1.37 bits per heavy atom. The summed E-state index contributed by atoms with van der Waals surface area (Å²) < 4.78 is 5.53. The van der Waals surface area contributed by atoms with Gasteiger partial charge in [-0.15, -0.1) is 0 Å². The smallest absolute Gasteiger partial charge is 0.321 e. The molecule has 0 radical (unpaired) electrons. The Labute approximate surface area is 114 Å². The third-order valence-corrected chi connectivity index (χ3v) is 3.13. The summed E-state index contributed by atoms with van der Waals surface area (Å²) in [5, 5.41) is 2.82. The molecule has 19 heavy (non-hydrogen) atoms. The molecule has 1 heterocycles. The van der Waals surface area contributed by atoms with Gasteiger partial charge in [-0.1, -0.05) is 0 Å². The molecule has 0 saturated carbocycles. The van der Waals surface area contributed by atoms with Crippen LogP contribution in [0.1, 0.15) is 6.92 Å². The topological polar surface area (TPSA) is 44.8 Å². The summed E-state index contributed by atoms with van der Waals surface area (Å²) in [4.78, 5) is 15.3. The maximum atomic E-state index is 11.5. The van der Waals surface area contributed by atoms with Crippen LogP contribution >= 0.6 is 0 Å². The monoisotopic (exact) mass is 263 g/mol. The second kappa shape index (κ2) is 5.93. The molecule has 1 atom stereocenters. The summed E-state index contributed by atoms with van der Waals surface area (Å²) in [5.41, 5.74) is 1.97. The molecule has 1 aromatic rings. The Morgan fingerprint density at radius 2 is 2.05 bits per heavy atom. The van der Waals surface area contributed by atoms with Crippen molar-refractivity contribution in [3.8, 4) is 0 Å². The predicted octanol–water partition coefficient (Wildman–Crippen LogP) is 2.01. The zero-order chi connectivity index (χ0) is 13.8. The van der Waals surface area contributed by atoms with Gasteiger partial charge in [0.2, 0.25) is 0 Å². The van der Waals surface area contributed by atoms with Gasteiger partial charge in [0, 0.05) is 38.6 Å². The van der Waals surface area contributed by atoms with E-state index in [0.717, 1.165) is 31.1 Å². The van der Waals surface area contributed by atoms with Crippen LogP contribution in [0.3, 0.4) is 0 Å². The molecule has 1 aliphatic rings. The minimum absolute atomic E-state index is 0.118. The number of carbonyl (C=O) groups excluding carboxylic acids is 1. The number of nitrogens with one attached hydrogen (secondary N) is 1. The molecule has 2 rings (SSSR count). The standard InChI is InChI=1S/C14H21N3O2/c1-11-10-17(8-9-19-11)13-6-4-12(5-7-13)15-14(18)16(2)3/h4-7,11H,8-10H2,1-3H3,(H,15,18). The number of carbonyl (C=O) groups is 1. The number of morpholine rings is 1. The van der Waals surface area contributed by atoms with Crippen molar-refractivity contribution in [2.24, 2.45) is 0 Å². The first-order chi connectivity index (χ1) is 9.06. The number of hydrogen-bond donors (Lipinski definition) is 1. The van der Waals surface area contributed by atoms with E-state index in [-0.39, 0.29) is 12.1 Å². The van der Waals surface area contributed by atoms with Gasteiger partial charge in [0.15, 0.2) is 0 Å². The van der Waals surface area contributed by atoms with E-state index in [1.807, 2.05) is 24.3 Å². The Hall–Kier alpha value is -1.75. The molecule has 0 spiro atoms. The van der Waals surface area contributed by atoms with Gasteiger partial charge in [0.25, 0.3) is 0 Å². The van der Waals surface area contributed by atoms with Gasteiger partial charge in [-0.3, -0.25) is 0 Å². The van der Waals surface area contributed by atoms with Crippen LogP contribution in [0.4, 0.5) is 16.2 Å². The van der Waals surface area contributed by atoms with Gasteiger partial charge in [0.1, 0.15) is 0 Å². The third kappa shape index (κ3) is 3.61. The van der Waals surface area contributed by atoms with Gasteiger partial charge in [0.05, 0.1) is 12.7 Å². The van der Waals surface area contributed by atoms with Gasteiger partial charge in [-0.05, 0) is 31.2 Å². The van der Waals surface area contributed by atoms with E-state index in [0.29, 0.717) is 0 Å². The summed E-state index contributed by atoms with van der Waals surface area (Å²) in [6.45, 7) is 4.66. The molecule has 1 fully saturated rings. The molecule has 0 aromatic heterocycles. The number of hydrogen-bond acceptors (Lipinski definition) is 3. The largest absolute Gasteiger partial charge is 0.375 e. The van der Waals surface area contributed by atoms with Crippen molar-refractivity contribution in [3.05, 3.63) is 24.3 Å². The number of rotatable bonds is 2. The molecular weight excluding hydrogens is 242 g/mol. The number of benzene rings is 1. The fourth-order valence-electron chi connectivity index (χ4n) is 2.04. The van der Waals surface area contributed by atoms with Crippen molar-refractivity contribution in [2.45, 2.75) is 13.0 Å². The van der Waals surface area contributed by atoms with E-state index in [2.05, 4.69) is 17.1 Å². The minimum Gasteiger partial charge on any atom is -0.375 e. The maximum Gasteiger partial charge on any atom is 0.321 e. The minimum atomic E-state index is -0.118. The molecule has 104 valence electrons. The second-order valence-electron chi connectivity index (χ2n) is 5.00. The van der Waals surface area contributed by atoms with Crippen LogP contribution in [0.2, 0.25) is 0 Å². The summed E-state index contributed by atoms with van der Waals surface area (Å²) in [5.74, 6) is 0. The first kappa shape index (κ1) is 13.7. The van der Waals surface area contributed by atoms with E-state index in [1.54, 1.807) is 14.1 Å². The van der Waals surface area contributed by atoms with E-state index >= 15 is 0 Å². The third-order valence-electron chi connectivity index (χ3n) is 3.13. The molecule has 1 N–H and O–H groups in total. The van der Waals surface area contributed by atoms with Crippen LogP contribution in [0.5, 0.6) is 0 Å². The zero-order valence-electron chi connectivity index (χ0n) is 11.7. The van der Waals surface area contributed by atoms with Crippen molar-refractivity contribution < 1.29 is 9.53 Å². The van der Waals surface area contributed by atoms with Crippen LogP contribution in [0.25, 0.3) is 0 Å². The Balaban J connectivity index is 2.00. The van der Waals surface area contributed by atoms with E-state index < -0.39 is 0 Å². The van der Waals surface area contributed by atoms with Crippen molar-refractivity contribution in [2.75, 3.05) is 44.0 Å². The normalized spacial score (nSPS) is 19.1. The number of amides is 2. The summed E-state index contributed by atoms with van der Waals surface area (Å²) in [7, 11) is 3.44. The number of nitrogens with zero attached hydrogens (tertiary/aromatic N) is 2. The molecule has 2 amide bonds. The molecule has 0 bridgehead atoms. The van der Waals surface area contributed by atoms with E-state index in [4.69, 9.17) is 4.74 Å². The second-order valence-corrected chi connectivity index (χ2v) is 5.00. The zero-order valence-corrected chi connectivity index (χ0v) is 11.7. The Kier molecular flexibility index (Phi) is 4.27. The summed E-state index contributed by atoms with van der Waals surface area (Å²) >= 11 is 0. The van der Waals surface area contributed by atoms with Crippen molar-refractivity contribution >= 4 is 17.4 Å². The molecular formula is C14H21N3O2. The average molecular weight is 263 g/mol. The molecule has 1 unspecified atom stereocenters. The van der Waals surface area contributed by atoms with Crippen LogP contribution < -0.4 is 10.2 Å². The van der Waals surface area contributed by atoms with Crippen molar-refractivity contribution in [3.63, 3.8) is 0 Å². The lowest BCUT2D eigenvalue weighted by molar-refractivity contribution is 0.0532. The molecule has 1 aromatic carbocycles. The fraction of sp³-hybridized carbons (Fsp3) is 0.500. The SMILES string of the molecule is CC1CN(c2ccc(NC(=O)N(C)C)cc2)CCO1. The highest BCUT2D eigenvalue weighted by molar-refractivity contribution is 5.89. The van der Waals surface area contributed by atoms with Crippen LogP contribution in [0, 0.1) is 0 Å². The lowest BCUT2D eigenvalue weighted by Crippen LogP contribution is -2.41. The highest BCUT2D eigenvalue weighted by atomic mass is 16.5. The van der Waals surface area contributed by atoms with Crippen molar-refractivity contribution in [1.82, 2.24) is 4.90 Å². The number of ether oxygens (including phenoxy) is 1. The molecule has 1 saturated heterocycles. The lowest BCUT2D eigenvalue weighted by Gasteiger charge is -2.33. The van der Waals surface area contributed by atoms with Gasteiger partial charge >= 0.3 is 6.03 Å². The Bertz CT molecular complexity index is 431. The Morgan fingerprint density at radius 3 is 2.63 bits per heavy atom. The van der Waals surface area contributed by atoms with Gasteiger partial charge in [-0.2, -0.15) is 0 Å². The average Bonchev–Trinajstić information content (AvgIpc) is 2.39. The summed E-state index contributed by atoms with van der Waals surface area (Å²) in [6.07, 6.45) is 0.266. The quantitative estimate of drug-likeness (QED) is 0.887. The highest BCUT2D eigenvalue weighted by Gasteiger charge is 2.16. The first-order valence-electron chi connectivity index (χ1n) is 6.51. The molecule has 1 aliphatic heterocycles. The van der Waals surface area contributed by atoms with E-state index in [9.17, 15) is 4.79 Å². The molecule has 5 nitrogen and oxygen atoms in total. The first-order valence-corrected chi connectivity index (χ1v) is 6.51. The predicted molar refractivity (Wildman–Crippen MR) is 76.8 cm³/mol. The fourth-order valence-corrected chi connectivity index (χ4v) is 2.04. The van der Waals surface area contributed by atoms with Crippen LogP contribution in [0.15, 0.2) is 24.3 Å². The molecule has 5 heteroatoms. The van der Waals surface area contributed by atoms with Crippen LogP contribution in [-0.4, -0.2) is 50.8 Å². The maximum absolute atomic E-state index is 11.5. The van der Waals surface area contributed by atoms with E-state index in [1.165, 1.54) is 4.90 Å². The van der Waals surface area contributed by atoms with Gasteiger partial charge in [-0.25, -0.2) is 4.79 Å².